The van der Waals surface area contributed by atoms with E-state index in [0.29, 0.717) is 40.5 Å². The van der Waals surface area contributed by atoms with E-state index in [9.17, 15) is 10.1 Å². The third-order valence-corrected chi connectivity index (χ3v) is 7.81. The maximum Gasteiger partial charge on any atom is 0.263 e. The number of anilines is 2. The number of aromatic nitrogens is 1. The number of carbonyl (C=O) groups is 1. The number of amides is 1. The minimum atomic E-state index is -0.453. The van der Waals surface area contributed by atoms with E-state index in [1.807, 2.05) is 31.9 Å². The first-order chi connectivity index (χ1) is 16.8. The van der Waals surface area contributed by atoms with Crippen LogP contribution in [0.25, 0.3) is 10.2 Å². The monoisotopic (exact) mass is 494 g/mol. The zero-order chi connectivity index (χ0) is 24.9. The molecular formula is C25H27FN6O2S. The predicted octanol–water partition coefficient (Wildman–Crippen LogP) is 2.99. The van der Waals surface area contributed by atoms with Crippen molar-refractivity contribution in [1.29, 1.82) is 5.26 Å². The molecule has 5 rings (SSSR count). The smallest absolute Gasteiger partial charge is 0.263 e. The van der Waals surface area contributed by atoms with Crippen molar-refractivity contribution >= 4 is 38.8 Å². The number of ether oxygens (including phenoxy) is 1. The summed E-state index contributed by atoms with van der Waals surface area (Å²) in [6.07, 6.45) is 0.228. The van der Waals surface area contributed by atoms with Crippen LogP contribution in [-0.2, 0) is 6.42 Å². The minimum absolute atomic E-state index is 0.139. The molecule has 35 heavy (non-hydrogen) atoms. The van der Waals surface area contributed by atoms with E-state index in [-0.39, 0.29) is 24.7 Å². The molecule has 0 unspecified atom stereocenters. The third-order valence-electron chi connectivity index (χ3n) is 6.71. The molecule has 182 valence electrons. The summed E-state index contributed by atoms with van der Waals surface area (Å²) >= 11 is 1.25. The van der Waals surface area contributed by atoms with E-state index in [0.717, 1.165) is 34.6 Å². The molecule has 8 nitrogen and oxygen atoms in total. The molecule has 4 heterocycles. The summed E-state index contributed by atoms with van der Waals surface area (Å²) in [4.78, 5) is 22.9. The molecule has 3 aromatic rings. The number of piperazine rings is 1. The summed E-state index contributed by atoms with van der Waals surface area (Å²) in [7, 11) is 2.04. The Morgan fingerprint density at radius 3 is 2.77 bits per heavy atom. The average Bonchev–Trinajstić information content (AvgIpc) is 3.16. The molecule has 0 saturated carbocycles. The quantitative estimate of drug-likeness (QED) is 0.576. The Balaban J connectivity index is 1.39. The number of carbonyl (C=O) groups excluding carboxylic acids is 1. The van der Waals surface area contributed by atoms with Crippen LogP contribution in [0, 0.1) is 31.0 Å². The highest BCUT2D eigenvalue weighted by Gasteiger charge is 2.31. The number of rotatable bonds is 3. The van der Waals surface area contributed by atoms with Crippen molar-refractivity contribution in [3.8, 4) is 11.8 Å². The number of likely N-dealkylation sites (N-methyl/N-ethyl adjacent to an activating group) is 1. The van der Waals surface area contributed by atoms with Crippen molar-refractivity contribution in [1.82, 2.24) is 15.2 Å². The largest absolute Gasteiger partial charge is 0.490 e. The normalized spacial score (nSPS) is 18.1. The molecule has 10 heteroatoms. The number of halogens is 1. The minimum Gasteiger partial charge on any atom is -0.490 e. The van der Waals surface area contributed by atoms with E-state index < -0.39 is 11.9 Å². The van der Waals surface area contributed by atoms with E-state index >= 15 is 4.39 Å². The number of nitrogen functional groups attached to an aromatic ring is 1. The van der Waals surface area contributed by atoms with Gasteiger partial charge in [-0.2, -0.15) is 5.26 Å². The molecule has 2 aliphatic rings. The standard InChI is InChI=1S/C25H27FN6O2S/c1-13-8-14(2)29-25-20(13)21(28)23(35-25)24(33)30-15-9-16-18(26)10-19(17(11-27)22(16)34-12-15)32-6-4-31(3)5-7-32/h8,10,15H,4-7,9,12,28H2,1-3H3,(H,30,33)/t15-/m1/s1. The number of benzene rings is 1. The molecule has 1 saturated heterocycles. The molecule has 1 fully saturated rings. The van der Waals surface area contributed by atoms with Gasteiger partial charge in [0.25, 0.3) is 5.91 Å². The first-order valence-corrected chi connectivity index (χ1v) is 12.4. The summed E-state index contributed by atoms with van der Waals surface area (Å²) in [6.45, 7) is 7.10. The van der Waals surface area contributed by atoms with Gasteiger partial charge < -0.3 is 25.6 Å². The van der Waals surface area contributed by atoms with Gasteiger partial charge in [-0.1, -0.05) is 0 Å². The Hall–Kier alpha value is -3.42. The SMILES string of the molecule is Cc1cc(C)c2c(N)c(C(=O)N[C@H]3COc4c(C#N)c(N5CCN(C)CC5)cc(F)c4C3)sc2n1. The van der Waals surface area contributed by atoms with Gasteiger partial charge in [-0.05, 0) is 38.6 Å². The lowest BCUT2D eigenvalue weighted by Gasteiger charge is -2.36. The second-order valence-electron chi connectivity index (χ2n) is 9.25. The maximum absolute atomic E-state index is 15.2. The number of thiophene rings is 1. The fourth-order valence-corrected chi connectivity index (χ4v) is 6.00. The number of nitrogens with two attached hydrogens (primary N) is 1. The molecule has 0 spiro atoms. The van der Waals surface area contributed by atoms with Crippen molar-refractivity contribution in [2.75, 3.05) is 50.5 Å². The maximum atomic E-state index is 15.2. The molecule has 2 aromatic heterocycles. The van der Waals surface area contributed by atoms with Gasteiger partial charge in [0.2, 0.25) is 0 Å². The summed E-state index contributed by atoms with van der Waals surface area (Å²) in [6, 6.07) is 5.13. The average molecular weight is 495 g/mol. The second-order valence-corrected chi connectivity index (χ2v) is 10.3. The zero-order valence-electron chi connectivity index (χ0n) is 19.9. The Morgan fingerprint density at radius 1 is 1.31 bits per heavy atom. The van der Waals surface area contributed by atoms with E-state index in [1.54, 1.807) is 0 Å². The van der Waals surface area contributed by atoms with Crippen molar-refractivity contribution in [3.63, 3.8) is 0 Å². The van der Waals surface area contributed by atoms with Gasteiger partial charge in [-0.25, -0.2) is 9.37 Å². The molecule has 1 amide bonds. The fourth-order valence-electron chi connectivity index (χ4n) is 4.88. The van der Waals surface area contributed by atoms with Gasteiger partial charge in [0.15, 0.2) is 0 Å². The van der Waals surface area contributed by atoms with Crippen LogP contribution in [-0.4, -0.2) is 61.7 Å². The second kappa shape index (κ2) is 8.98. The van der Waals surface area contributed by atoms with Gasteiger partial charge in [0, 0.05) is 49.2 Å². The van der Waals surface area contributed by atoms with Crippen LogP contribution in [0.4, 0.5) is 15.8 Å². The van der Waals surface area contributed by atoms with Crippen LogP contribution in [0.5, 0.6) is 5.75 Å². The van der Waals surface area contributed by atoms with Crippen molar-refractivity contribution in [3.05, 3.63) is 45.2 Å². The number of pyridine rings is 1. The van der Waals surface area contributed by atoms with E-state index in [2.05, 4.69) is 21.3 Å². The number of nitrogens with one attached hydrogen (secondary N) is 1. The van der Waals surface area contributed by atoms with Crippen LogP contribution in [0.1, 0.15) is 32.1 Å². The predicted molar refractivity (Wildman–Crippen MR) is 135 cm³/mol. The van der Waals surface area contributed by atoms with Crippen LogP contribution in [0.3, 0.4) is 0 Å². The fraction of sp³-hybridized carbons (Fsp3) is 0.400. The summed E-state index contributed by atoms with van der Waals surface area (Å²) in [5.74, 6) is -0.485. The molecule has 2 aliphatic heterocycles. The highest BCUT2D eigenvalue weighted by molar-refractivity contribution is 7.21. The van der Waals surface area contributed by atoms with Gasteiger partial charge in [-0.15, -0.1) is 11.3 Å². The van der Waals surface area contributed by atoms with Crippen molar-refractivity contribution < 1.29 is 13.9 Å². The molecular weight excluding hydrogens is 467 g/mol. The van der Waals surface area contributed by atoms with Gasteiger partial charge in [-0.3, -0.25) is 4.79 Å². The van der Waals surface area contributed by atoms with Gasteiger partial charge >= 0.3 is 0 Å². The van der Waals surface area contributed by atoms with Crippen molar-refractivity contribution in [2.45, 2.75) is 26.3 Å². The topological polar surface area (TPSA) is 108 Å². The highest BCUT2D eigenvalue weighted by Crippen LogP contribution is 2.39. The number of hydrogen-bond donors (Lipinski definition) is 2. The lowest BCUT2D eigenvalue weighted by atomic mass is 9.97. The molecule has 1 aromatic carbocycles. The zero-order valence-corrected chi connectivity index (χ0v) is 20.8. The summed E-state index contributed by atoms with van der Waals surface area (Å²) in [5, 5.41) is 13.6. The number of fused-ring (bicyclic) bond motifs is 2. The number of nitriles is 1. The molecule has 0 aliphatic carbocycles. The molecule has 3 N–H and O–H groups in total. The lowest BCUT2D eigenvalue weighted by molar-refractivity contribution is 0.0919. The first-order valence-electron chi connectivity index (χ1n) is 11.6. The number of aryl methyl sites for hydroxylation is 2. The Labute approximate surface area is 207 Å². The Morgan fingerprint density at radius 2 is 2.06 bits per heavy atom. The number of hydrogen-bond acceptors (Lipinski definition) is 8. The molecule has 0 radical (unpaired) electrons. The Bertz CT molecular complexity index is 1370. The summed E-state index contributed by atoms with van der Waals surface area (Å²) in [5.41, 5.74) is 9.77. The van der Waals surface area contributed by atoms with E-state index in [1.165, 1.54) is 17.4 Å². The van der Waals surface area contributed by atoms with Crippen LogP contribution >= 0.6 is 11.3 Å². The third kappa shape index (κ3) is 4.15. The van der Waals surface area contributed by atoms with Crippen LogP contribution < -0.4 is 20.7 Å². The van der Waals surface area contributed by atoms with Gasteiger partial charge in [0.1, 0.15) is 39.5 Å². The van der Waals surface area contributed by atoms with Crippen LogP contribution in [0.2, 0.25) is 0 Å². The molecule has 1 atom stereocenters. The first kappa shape index (κ1) is 23.3. The lowest BCUT2D eigenvalue weighted by Crippen LogP contribution is -2.45. The van der Waals surface area contributed by atoms with Crippen molar-refractivity contribution in [2.24, 2.45) is 0 Å². The summed E-state index contributed by atoms with van der Waals surface area (Å²) < 4.78 is 21.1. The molecule has 0 bridgehead atoms. The van der Waals surface area contributed by atoms with E-state index in [4.69, 9.17) is 10.5 Å². The van der Waals surface area contributed by atoms with Gasteiger partial charge in [0.05, 0.1) is 17.4 Å². The Kier molecular flexibility index (Phi) is 5.99. The highest BCUT2D eigenvalue weighted by atomic mass is 32.1. The number of nitrogens with zero attached hydrogens (tertiary/aromatic N) is 4. The van der Waals surface area contributed by atoms with Crippen LogP contribution in [0.15, 0.2) is 12.1 Å².